The summed E-state index contributed by atoms with van der Waals surface area (Å²) in [5.41, 5.74) is 2.90. The molecule has 0 spiro atoms. The predicted molar refractivity (Wildman–Crippen MR) is 86.5 cm³/mol. The molecule has 0 heterocycles. The fourth-order valence-corrected chi connectivity index (χ4v) is 1.92. The van der Waals surface area contributed by atoms with Crippen LogP contribution in [0.2, 0.25) is 0 Å². The van der Waals surface area contributed by atoms with E-state index >= 15 is 0 Å². The molecule has 0 aliphatic carbocycles. The predicted octanol–water partition coefficient (Wildman–Crippen LogP) is 4.35. The van der Waals surface area contributed by atoms with E-state index in [2.05, 4.69) is 0 Å². The lowest BCUT2D eigenvalue weighted by Gasteiger charge is -2.03. The molecule has 2 heteroatoms. The van der Waals surface area contributed by atoms with Gasteiger partial charge in [0.2, 0.25) is 0 Å². The number of carbonyl (C=O) groups is 1. The molecular formula is C19H18O2. The Morgan fingerprint density at radius 2 is 1.62 bits per heavy atom. The van der Waals surface area contributed by atoms with Gasteiger partial charge in [0.25, 0.3) is 0 Å². The molecule has 0 aliphatic heterocycles. The quantitative estimate of drug-likeness (QED) is 0.462. The fraction of sp³-hybridized carbons (Fsp3) is 0.105. The Kier molecular flexibility index (Phi) is 5.53. The normalized spacial score (nSPS) is 11.6. The second-order valence-electron chi connectivity index (χ2n) is 4.46. The zero-order valence-electron chi connectivity index (χ0n) is 12.0. The van der Waals surface area contributed by atoms with Crippen LogP contribution in [0.5, 0.6) is 0 Å². The molecule has 0 saturated carbocycles. The summed E-state index contributed by atoms with van der Waals surface area (Å²) in [6, 6.07) is 19.8. The Morgan fingerprint density at radius 3 is 2.24 bits per heavy atom. The molecule has 0 saturated heterocycles. The van der Waals surface area contributed by atoms with E-state index in [-0.39, 0.29) is 5.97 Å². The standard InChI is InChI=1S/C19H18O2/c1-2-21-19(20)15-18(17-11-7-4-8-12-17)14-13-16-9-5-3-6-10-16/h3-15H,2H2,1H3. The number of hydrogen-bond donors (Lipinski definition) is 0. The third kappa shape index (κ3) is 4.77. The second kappa shape index (κ2) is 7.85. The van der Waals surface area contributed by atoms with Gasteiger partial charge in [-0.3, -0.25) is 0 Å². The zero-order valence-corrected chi connectivity index (χ0v) is 12.0. The summed E-state index contributed by atoms with van der Waals surface area (Å²) in [4.78, 5) is 11.7. The molecule has 106 valence electrons. The van der Waals surface area contributed by atoms with Crippen molar-refractivity contribution in [3.05, 3.63) is 83.9 Å². The number of carbonyl (C=O) groups excluding carboxylic acids is 1. The van der Waals surface area contributed by atoms with Crippen molar-refractivity contribution in [2.24, 2.45) is 0 Å². The number of benzene rings is 2. The molecule has 0 fully saturated rings. The summed E-state index contributed by atoms with van der Waals surface area (Å²) in [6.45, 7) is 2.17. The average Bonchev–Trinajstić information content (AvgIpc) is 2.53. The molecule has 0 aromatic heterocycles. The number of rotatable bonds is 5. The molecule has 0 amide bonds. The third-order valence-electron chi connectivity index (χ3n) is 2.92. The molecule has 0 bridgehead atoms. The van der Waals surface area contributed by atoms with Crippen LogP contribution in [0.1, 0.15) is 18.1 Å². The van der Waals surface area contributed by atoms with E-state index in [4.69, 9.17) is 4.74 Å². The highest BCUT2D eigenvalue weighted by molar-refractivity contribution is 5.95. The van der Waals surface area contributed by atoms with Crippen LogP contribution >= 0.6 is 0 Å². The molecule has 0 atom stereocenters. The van der Waals surface area contributed by atoms with Gasteiger partial charge in [0, 0.05) is 6.08 Å². The fourth-order valence-electron chi connectivity index (χ4n) is 1.92. The minimum Gasteiger partial charge on any atom is -0.463 e. The van der Waals surface area contributed by atoms with Crippen LogP contribution < -0.4 is 0 Å². The summed E-state index contributed by atoms with van der Waals surface area (Å²) in [7, 11) is 0. The van der Waals surface area contributed by atoms with Gasteiger partial charge in [0.15, 0.2) is 0 Å². The molecule has 0 aliphatic rings. The Labute approximate surface area is 125 Å². The van der Waals surface area contributed by atoms with E-state index in [1.54, 1.807) is 6.92 Å². The zero-order chi connectivity index (χ0) is 14.9. The summed E-state index contributed by atoms with van der Waals surface area (Å²) in [5.74, 6) is -0.325. The molecule has 0 unspecified atom stereocenters. The van der Waals surface area contributed by atoms with Crippen molar-refractivity contribution in [1.82, 2.24) is 0 Å². The molecule has 0 N–H and O–H groups in total. The third-order valence-corrected chi connectivity index (χ3v) is 2.92. The van der Waals surface area contributed by atoms with Crippen LogP contribution in [-0.2, 0) is 9.53 Å². The van der Waals surface area contributed by atoms with Gasteiger partial charge in [-0.25, -0.2) is 4.79 Å². The van der Waals surface area contributed by atoms with Crippen LogP contribution in [-0.4, -0.2) is 12.6 Å². The van der Waals surface area contributed by atoms with Crippen molar-refractivity contribution in [2.45, 2.75) is 6.92 Å². The van der Waals surface area contributed by atoms with Crippen molar-refractivity contribution in [1.29, 1.82) is 0 Å². The van der Waals surface area contributed by atoms with Gasteiger partial charge < -0.3 is 4.74 Å². The van der Waals surface area contributed by atoms with Crippen molar-refractivity contribution >= 4 is 17.6 Å². The van der Waals surface area contributed by atoms with Gasteiger partial charge in [-0.15, -0.1) is 0 Å². The first-order valence-electron chi connectivity index (χ1n) is 6.96. The van der Waals surface area contributed by atoms with Gasteiger partial charge in [-0.2, -0.15) is 0 Å². The van der Waals surface area contributed by atoms with E-state index in [1.807, 2.05) is 72.8 Å². The first-order valence-corrected chi connectivity index (χ1v) is 6.96. The monoisotopic (exact) mass is 278 g/mol. The maximum absolute atomic E-state index is 11.7. The second-order valence-corrected chi connectivity index (χ2v) is 4.46. The summed E-state index contributed by atoms with van der Waals surface area (Å²) < 4.78 is 5.00. The largest absolute Gasteiger partial charge is 0.463 e. The van der Waals surface area contributed by atoms with Gasteiger partial charge in [0.1, 0.15) is 0 Å². The van der Waals surface area contributed by atoms with Crippen molar-refractivity contribution < 1.29 is 9.53 Å². The summed E-state index contributed by atoms with van der Waals surface area (Å²) >= 11 is 0. The van der Waals surface area contributed by atoms with Crippen LogP contribution in [0.25, 0.3) is 11.6 Å². The number of ether oxygens (including phenoxy) is 1. The average molecular weight is 278 g/mol. The molecule has 2 aromatic rings. The molecule has 0 radical (unpaired) electrons. The lowest BCUT2D eigenvalue weighted by Crippen LogP contribution is -2.00. The van der Waals surface area contributed by atoms with Gasteiger partial charge >= 0.3 is 5.97 Å². The highest BCUT2D eigenvalue weighted by Crippen LogP contribution is 2.17. The summed E-state index contributed by atoms with van der Waals surface area (Å²) in [6.07, 6.45) is 5.44. The van der Waals surface area contributed by atoms with Crippen molar-refractivity contribution in [3.8, 4) is 0 Å². The Bertz CT molecular complexity index is 625. The first kappa shape index (κ1) is 14.8. The maximum atomic E-state index is 11.7. The smallest absolute Gasteiger partial charge is 0.331 e. The van der Waals surface area contributed by atoms with Gasteiger partial charge in [-0.1, -0.05) is 72.8 Å². The topological polar surface area (TPSA) is 26.3 Å². The number of allylic oxidation sites excluding steroid dienone is 2. The van der Waals surface area contributed by atoms with E-state index in [0.717, 1.165) is 16.7 Å². The molecule has 2 aromatic carbocycles. The SMILES string of the molecule is CCOC(=O)C=C(C=Cc1ccccc1)c1ccccc1. The Morgan fingerprint density at radius 1 is 1.00 bits per heavy atom. The van der Waals surface area contributed by atoms with E-state index in [1.165, 1.54) is 6.08 Å². The number of esters is 1. The first-order chi connectivity index (χ1) is 10.3. The lowest BCUT2D eigenvalue weighted by atomic mass is 10.0. The minimum atomic E-state index is -0.325. The molecular weight excluding hydrogens is 260 g/mol. The van der Waals surface area contributed by atoms with Crippen molar-refractivity contribution in [2.75, 3.05) is 6.61 Å². The number of hydrogen-bond acceptors (Lipinski definition) is 2. The van der Waals surface area contributed by atoms with Crippen LogP contribution in [0, 0.1) is 0 Å². The minimum absolute atomic E-state index is 0.325. The van der Waals surface area contributed by atoms with Crippen LogP contribution in [0.4, 0.5) is 0 Å². The van der Waals surface area contributed by atoms with Crippen LogP contribution in [0.15, 0.2) is 72.8 Å². The maximum Gasteiger partial charge on any atom is 0.331 e. The summed E-state index contributed by atoms with van der Waals surface area (Å²) in [5, 5.41) is 0. The van der Waals surface area contributed by atoms with Crippen molar-refractivity contribution in [3.63, 3.8) is 0 Å². The van der Waals surface area contributed by atoms with E-state index in [9.17, 15) is 4.79 Å². The highest BCUT2D eigenvalue weighted by atomic mass is 16.5. The lowest BCUT2D eigenvalue weighted by molar-refractivity contribution is -0.137. The Hall–Kier alpha value is -2.61. The molecule has 21 heavy (non-hydrogen) atoms. The molecule has 2 nitrogen and oxygen atoms in total. The van der Waals surface area contributed by atoms with E-state index in [0.29, 0.717) is 6.61 Å². The van der Waals surface area contributed by atoms with Crippen LogP contribution in [0.3, 0.4) is 0 Å². The van der Waals surface area contributed by atoms with Gasteiger partial charge in [0.05, 0.1) is 6.61 Å². The molecule has 2 rings (SSSR count). The van der Waals surface area contributed by atoms with E-state index < -0.39 is 0 Å². The Balaban J connectivity index is 2.28. The highest BCUT2D eigenvalue weighted by Gasteiger charge is 2.02. The van der Waals surface area contributed by atoms with Gasteiger partial charge in [-0.05, 0) is 23.6 Å².